The molecule has 0 spiro atoms. The van der Waals surface area contributed by atoms with Gasteiger partial charge in [-0.3, -0.25) is 9.69 Å². The van der Waals surface area contributed by atoms with E-state index in [2.05, 4.69) is 31.0 Å². The molecule has 0 radical (unpaired) electrons. The molecule has 5 nitrogen and oxygen atoms in total. The van der Waals surface area contributed by atoms with E-state index in [1.54, 1.807) is 23.9 Å². The average Bonchev–Trinajstić information content (AvgIpc) is 3.42. The van der Waals surface area contributed by atoms with Gasteiger partial charge in [0.2, 0.25) is 0 Å². The van der Waals surface area contributed by atoms with Crippen molar-refractivity contribution in [2.24, 2.45) is 0 Å². The number of aryl methyl sites for hydroxylation is 3. The van der Waals surface area contributed by atoms with Crippen LogP contribution in [0.15, 0.2) is 48.4 Å². The van der Waals surface area contributed by atoms with E-state index in [0.29, 0.717) is 6.54 Å². The van der Waals surface area contributed by atoms with Gasteiger partial charge in [-0.05, 0) is 42.8 Å². The molecule has 0 atom stereocenters. The maximum absolute atomic E-state index is 13.1. The number of anilines is 1. The fraction of sp³-hybridized carbons (Fsp3) is 0.250. The van der Waals surface area contributed by atoms with Gasteiger partial charge >= 0.3 is 0 Å². The lowest BCUT2D eigenvalue weighted by Crippen LogP contribution is -2.31. The number of hydrogen-bond donors (Lipinski definition) is 0. The van der Waals surface area contributed by atoms with Crippen LogP contribution in [0.4, 0.5) is 5.13 Å². The van der Waals surface area contributed by atoms with Gasteiger partial charge in [0, 0.05) is 25.5 Å². The summed E-state index contributed by atoms with van der Waals surface area (Å²) < 4.78 is 3.18. The first-order valence-corrected chi connectivity index (χ1v) is 10.5. The van der Waals surface area contributed by atoms with Gasteiger partial charge in [-0.1, -0.05) is 29.5 Å². The minimum absolute atomic E-state index is 0.0185. The highest BCUT2D eigenvalue weighted by atomic mass is 32.1. The Morgan fingerprint density at radius 3 is 2.78 bits per heavy atom. The van der Waals surface area contributed by atoms with Gasteiger partial charge < -0.3 is 4.57 Å². The van der Waals surface area contributed by atoms with Crippen molar-refractivity contribution >= 4 is 43.9 Å². The lowest BCUT2D eigenvalue weighted by Gasteiger charge is -2.19. The number of thiazole rings is 1. The molecule has 0 bridgehead atoms. The third kappa shape index (κ3) is 3.65. The summed E-state index contributed by atoms with van der Waals surface area (Å²) in [5.74, 6) is 0.0185. The smallest absolute Gasteiger partial charge is 0.270 e. The van der Waals surface area contributed by atoms with E-state index < -0.39 is 0 Å². The van der Waals surface area contributed by atoms with Crippen LogP contribution in [0, 0.1) is 13.8 Å². The summed E-state index contributed by atoms with van der Waals surface area (Å²) in [6.45, 7) is 5.59. The molecule has 0 aliphatic rings. The first-order valence-electron chi connectivity index (χ1n) is 8.81. The highest BCUT2D eigenvalue weighted by molar-refractivity contribution is 7.22. The average molecular weight is 397 g/mol. The summed E-state index contributed by atoms with van der Waals surface area (Å²) in [7, 11) is 0. The molecule has 0 unspecified atom stereocenters. The molecule has 7 heteroatoms. The second kappa shape index (κ2) is 7.62. The number of rotatable bonds is 6. The summed E-state index contributed by atoms with van der Waals surface area (Å²) in [6.07, 6.45) is 6.35. The fourth-order valence-electron chi connectivity index (χ4n) is 3.01. The van der Waals surface area contributed by atoms with Crippen LogP contribution in [0.25, 0.3) is 10.2 Å². The number of carbonyl (C=O) groups excluding carboxylic acids is 1. The Labute approximate surface area is 165 Å². The molecule has 0 aliphatic carbocycles. The Morgan fingerprint density at radius 2 is 2.07 bits per heavy atom. The van der Waals surface area contributed by atoms with E-state index in [9.17, 15) is 4.79 Å². The van der Waals surface area contributed by atoms with Crippen LogP contribution in [0.1, 0.15) is 27.2 Å². The van der Waals surface area contributed by atoms with Crippen molar-refractivity contribution in [3.05, 3.63) is 64.4 Å². The van der Waals surface area contributed by atoms with E-state index in [-0.39, 0.29) is 5.91 Å². The van der Waals surface area contributed by atoms with Gasteiger partial charge in [-0.15, -0.1) is 11.3 Å². The van der Waals surface area contributed by atoms with Crippen LogP contribution in [0.2, 0.25) is 0 Å². The third-order valence-electron chi connectivity index (χ3n) is 4.50. The molecule has 4 rings (SSSR count). The van der Waals surface area contributed by atoms with Crippen LogP contribution in [0.3, 0.4) is 0 Å². The summed E-state index contributed by atoms with van der Waals surface area (Å²) in [6, 6.07) is 7.99. The molecule has 27 heavy (non-hydrogen) atoms. The second-order valence-electron chi connectivity index (χ2n) is 6.46. The lowest BCUT2D eigenvalue weighted by molar-refractivity contribution is 0.0990. The molecule has 0 aliphatic heterocycles. The predicted molar refractivity (Wildman–Crippen MR) is 112 cm³/mol. The van der Waals surface area contributed by atoms with Gasteiger partial charge in [0.15, 0.2) is 5.13 Å². The van der Waals surface area contributed by atoms with E-state index in [1.165, 1.54) is 16.9 Å². The molecule has 1 amide bonds. The molecule has 3 heterocycles. The minimum Gasteiger partial charge on any atom is -0.337 e. The maximum atomic E-state index is 13.1. The van der Waals surface area contributed by atoms with Gasteiger partial charge in [-0.2, -0.15) is 0 Å². The highest BCUT2D eigenvalue weighted by Crippen LogP contribution is 2.34. The van der Waals surface area contributed by atoms with Gasteiger partial charge in [0.1, 0.15) is 0 Å². The Bertz CT molecular complexity index is 1010. The molecule has 0 fully saturated rings. The van der Waals surface area contributed by atoms with Crippen molar-refractivity contribution in [1.82, 2.24) is 14.5 Å². The number of amides is 1. The number of hydrogen-bond acceptors (Lipinski definition) is 5. The number of carbonyl (C=O) groups is 1. The van der Waals surface area contributed by atoms with E-state index in [0.717, 1.165) is 38.8 Å². The summed E-state index contributed by atoms with van der Waals surface area (Å²) in [5, 5.41) is 2.70. The van der Waals surface area contributed by atoms with Gasteiger partial charge in [0.05, 0.1) is 21.4 Å². The number of imidazole rings is 1. The zero-order valence-electron chi connectivity index (χ0n) is 15.3. The normalized spacial score (nSPS) is 11.2. The fourth-order valence-corrected chi connectivity index (χ4v) is 4.82. The molecular weight excluding hydrogens is 376 g/mol. The summed E-state index contributed by atoms with van der Waals surface area (Å²) in [5.41, 5.74) is 3.33. The van der Waals surface area contributed by atoms with Crippen molar-refractivity contribution in [2.45, 2.75) is 26.8 Å². The van der Waals surface area contributed by atoms with E-state index in [1.807, 2.05) is 33.2 Å². The Kier molecular flexibility index (Phi) is 5.05. The molecule has 0 saturated carbocycles. The lowest BCUT2D eigenvalue weighted by atomic mass is 10.1. The zero-order chi connectivity index (χ0) is 18.8. The van der Waals surface area contributed by atoms with Crippen LogP contribution in [-0.4, -0.2) is 27.0 Å². The van der Waals surface area contributed by atoms with E-state index in [4.69, 9.17) is 4.98 Å². The first-order chi connectivity index (χ1) is 13.1. The Morgan fingerprint density at radius 1 is 1.22 bits per heavy atom. The van der Waals surface area contributed by atoms with Crippen LogP contribution in [0.5, 0.6) is 0 Å². The quantitative estimate of drug-likeness (QED) is 0.465. The summed E-state index contributed by atoms with van der Waals surface area (Å²) in [4.78, 5) is 24.6. The topological polar surface area (TPSA) is 51.0 Å². The molecule has 0 N–H and O–H groups in total. The molecule has 138 valence electrons. The van der Waals surface area contributed by atoms with Crippen molar-refractivity contribution in [3.8, 4) is 0 Å². The Hall–Kier alpha value is -2.51. The van der Waals surface area contributed by atoms with E-state index >= 15 is 0 Å². The number of fused-ring (bicyclic) bond motifs is 1. The van der Waals surface area contributed by atoms with Crippen LogP contribution >= 0.6 is 22.7 Å². The SMILES string of the molecule is Cc1ccc(C)c2sc(N(CCCn3ccnc3)C(=O)c3cccs3)nc12. The molecule has 0 saturated heterocycles. The molecule has 3 aromatic heterocycles. The van der Waals surface area contributed by atoms with Crippen molar-refractivity contribution < 1.29 is 4.79 Å². The zero-order valence-corrected chi connectivity index (χ0v) is 16.9. The highest BCUT2D eigenvalue weighted by Gasteiger charge is 2.22. The monoisotopic (exact) mass is 396 g/mol. The van der Waals surface area contributed by atoms with Gasteiger partial charge in [-0.25, -0.2) is 9.97 Å². The third-order valence-corrected chi connectivity index (χ3v) is 6.57. The molecular formula is C20H20N4OS2. The maximum Gasteiger partial charge on any atom is 0.270 e. The Balaban J connectivity index is 1.65. The summed E-state index contributed by atoms with van der Waals surface area (Å²) >= 11 is 3.07. The van der Waals surface area contributed by atoms with Crippen molar-refractivity contribution in [1.29, 1.82) is 0 Å². The van der Waals surface area contributed by atoms with Crippen LogP contribution < -0.4 is 4.90 Å². The molecule has 1 aromatic carbocycles. The van der Waals surface area contributed by atoms with Crippen molar-refractivity contribution in [3.63, 3.8) is 0 Å². The number of aromatic nitrogens is 3. The van der Waals surface area contributed by atoms with Crippen molar-refractivity contribution in [2.75, 3.05) is 11.4 Å². The molecule has 4 aromatic rings. The largest absolute Gasteiger partial charge is 0.337 e. The van der Waals surface area contributed by atoms with Gasteiger partial charge in [0.25, 0.3) is 5.91 Å². The minimum atomic E-state index is 0.0185. The first kappa shape index (κ1) is 17.9. The van der Waals surface area contributed by atoms with Crippen LogP contribution in [-0.2, 0) is 6.54 Å². The number of thiophene rings is 1. The number of nitrogens with zero attached hydrogens (tertiary/aromatic N) is 4. The standard InChI is InChI=1S/C20H20N4OS2/c1-14-6-7-15(2)18-17(14)22-20(27-18)24(19(25)16-5-3-12-26-16)10-4-9-23-11-8-21-13-23/h3,5-8,11-13H,4,9-10H2,1-2H3. The second-order valence-corrected chi connectivity index (χ2v) is 8.39. The number of benzene rings is 1. The predicted octanol–water partition coefficient (Wildman–Crippen LogP) is 4.91.